The normalized spacial score (nSPS) is 27.0. The number of piperidine rings is 1. The van der Waals surface area contributed by atoms with E-state index in [4.69, 9.17) is 11.6 Å². The Morgan fingerprint density at radius 2 is 2.05 bits per heavy atom. The van der Waals surface area contributed by atoms with E-state index in [0.29, 0.717) is 23.2 Å². The zero-order valence-corrected chi connectivity index (χ0v) is 14.0. The molecule has 0 aromatic carbocycles. The first-order chi connectivity index (χ1) is 10.1. The number of nitrogens with zero attached hydrogens (tertiary/aromatic N) is 2. The Morgan fingerprint density at radius 1 is 1.29 bits per heavy atom. The van der Waals surface area contributed by atoms with Gasteiger partial charge in [-0.05, 0) is 44.6 Å². The number of fused-ring (bicyclic) bond motifs is 1. The van der Waals surface area contributed by atoms with E-state index in [1.807, 2.05) is 11.5 Å². The zero-order chi connectivity index (χ0) is 15.0. The van der Waals surface area contributed by atoms with Gasteiger partial charge < -0.3 is 4.57 Å². The lowest BCUT2D eigenvalue weighted by Crippen LogP contribution is -2.45. The Labute approximate surface area is 132 Å². The topological polar surface area (TPSA) is 42.3 Å². The Kier molecular flexibility index (Phi) is 4.35. The molecule has 4 nitrogen and oxygen atoms in total. The molecule has 0 bridgehead atoms. The Morgan fingerprint density at radius 3 is 2.71 bits per heavy atom. The first-order valence-corrected chi connectivity index (χ1v) is 9.82. The molecule has 1 saturated carbocycles. The minimum Gasteiger partial charge on any atom is -0.349 e. The minimum atomic E-state index is -3.38. The summed E-state index contributed by atoms with van der Waals surface area (Å²) < 4.78 is 29.7. The van der Waals surface area contributed by atoms with E-state index in [9.17, 15) is 8.42 Å². The van der Waals surface area contributed by atoms with Crippen molar-refractivity contribution in [3.8, 4) is 0 Å². The smallest absolute Gasteiger partial charge is 0.244 e. The molecule has 1 aliphatic heterocycles. The van der Waals surface area contributed by atoms with Crippen molar-refractivity contribution in [2.45, 2.75) is 62.4 Å². The first kappa shape index (κ1) is 15.4. The summed E-state index contributed by atoms with van der Waals surface area (Å²) in [7, 11) is -3.38. The molecule has 21 heavy (non-hydrogen) atoms. The molecule has 118 valence electrons. The van der Waals surface area contributed by atoms with E-state index in [-0.39, 0.29) is 6.04 Å². The van der Waals surface area contributed by atoms with Crippen LogP contribution in [0, 0.1) is 5.92 Å². The van der Waals surface area contributed by atoms with Crippen LogP contribution in [-0.2, 0) is 22.4 Å². The van der Waals surface area contributed by atoms with E-state index >= 15 is 0 Å². The molecule has 2 heterocycles. The van der Waals surface area contributed by atoms with Crippen molar-refractivity contribution in [1.82, 2.24) is 8.87 Å². The fourth-order valence-electron chi connectivity index (χ4n) is 3.91. The number of rotatable bonds is 4. The average Bonchev–Trinajstić information content (AvgIpc) is 3.12. The molecule has 1 aromatic heterocycles. The van der Waals surface area contributed by atoms with Crippen molar-refractivity contribution in [2.24, 2.45) is 5.92 Å². The number of hydrogen-bond acceptors (Lipinski definition) is 2. The number of aromatic nitrogens is 1. The van der Waals surface area contributed by atoms with Crippen LogP contribution in [0.15, 0.2) is 17.2 Å². The summed E-state index contributed by atoms with van der Waals surface area (Å²) in [5.41, 5.74) is 0.873. The van der Waals surface area contributed by atoms with Gasteiger partial charge in [0.25, 0.3) is 0 Å². The van der Waals surface area contributed by atoms with Crippen LogP contribution in [-0.4, -0.2) is 29.9 Å². The highest BCUT2D eigenvalue weighted by Crippen LogP contribution is 2.39. The van der Waals surface area contributed by atoms with Crippen LogP contribution in [0.2, 0.25) is 0 Å². The molecule has 0 spiro atoms. The fourth-order valence-corrected chi connectivity index (χ4v) is 5.96. The maximum atomic E-state index is 13.0. The zero-order valence-electron chi connectivity index (χ0n) is 12.5. The second-order valence-electron chi connectivity index (χ2n) is 6.10. The van der Waals surface area contributed by atoms with Gasteiger partial charge >= 0.3 is 0 Å². The molecule has 2 aliphatic rings. The summed E-state index contributed by atoms with van der Waals surface area (Å²) in [4.78, 5) is 0.410. The van der Waals surface area contributed by atoms with Crippen molar-refractivity contribution in [2.75, 3.05) is 6.54 Å². The lowest BCUT2D eigenvalue weighted by Gasteiger charge is -2.36. The van der Waals surface area contributed by atoms with Crippen LogP contribution < -0.4 is 0 Å². The van der Waals surface area contributed by atoms with E-state index in [1.165, 1.54) is 12.8 Å². The molecule has 6 heteroatoms. The van der Waals surface area contributed by atoms with E-state index < -0.39 is 10.0 Å². The van der Waals surface area contributed by atoms with Crippen molar-refractivity contribution in [1.29, 1.82) is 0 Å². The van der Waals surface area contributed by atoms with Gasteiger partial charge in [-0.2, -0.15) is 4.31 Å². The number of halogens is 1. The number of sulfonamides is 1. The molecule has 0 amide bonds. The van der Waals surface area contributed by atoms with Gasteiger partial charge in [-0.25, -0.2) is 8.42 Å². The van der Waals surface area contributed by atoms with Gasteiger partial charge in [-0.3, -0.25) is 0 Å². The van der Waals surface area contributed by atoms with Gasteiger partial charge in [0.1, 0.15) is 4.90 Å². The summed E-state index contributed by atoms with van der Waals surface area (Å²) in [6, 6.07) is 1.96. The molecule has 1 aliphatic carbocycles. The molecule has 2 unspecified atom stereocenters. The lowest BCUT2D eigenvalue weighted by atomic mass is 9.94. The highest BCUT2D eigenvalue weighted by molar-refractivity contribution is 7.89. The van der Waals surface area contributed by atoms with Gasteiger partial charge in [0, 0.05) is 31.0 Å². The van der Waals surface area contributed by atoms with Crippen LogP contribution in [0.1, 0.15) is 44.7 Å². The van der Waals surface area contributed by atoms with Gasteiger partial charge in [0.15, 0.2) is 0 Å². The van der Waals surface area contributed by atoms with E-state index in [2.05, 4.69) is 0 Å². The predicted molar refractivity (Wildman–Crippen MR) is 83.9 cm³/mol. The van der Waals surface area contributed by atoms with Gasteiger partial charge in [-0.15, -0.1) is 11.6 Å². The van der Waals surface area contributed by atoms with Crippen molar-refractivity contribution >= 4 is 21.6 Å². The van der Waals surface area contributed by atoms with E-state index in [0.717, 1.165) is 31.5 Å². The molecular formula is C15H23ClN2O2S. The van der Waals surface area contributed by atoms with Crippen LogP contribution in [0.3, 0.4) is 0 Å². The fraction of sp³-hybridized carbons (Fsp3) is 0.733. The average molecular weight is 331 g/mol. The van der Waals surface area contributed by atoms with Crippen LogP contribution in [0.4, 0.5) is 0 Å². The van der Waals surface area contributed by atoms with Crippen LogP contribution in [0.25, 0.3) is 0 Å². The Balaban J connectivity index is 1.94. The Bertz CT molecular complexity index is 590. The summed E-state index contributed by atoms with van der Waals surface area (Å²) in [6.07, 6.45) is 7.26. The molecule has 3 rings (SSSR count). The molecule has 2 atom stereocenters. The summed E-state index contributed by atoms with van der Waals surface area (Å²) in [6.45, 7) is 3.40. The summed E-state index contributed by atoms with van der Waals surface area (Å²) in [5, 5.41) is 0. The maximum absolute atomic E-state index is 13.0. The summed E-state index contributed by atoms with van der Waals surface area (Å²) in [5.74, 6) is 0.907. The van der Waals surface area contributed by atoms with Crippen molar-refractivity contribution in [3.63, 3.8) is 0 Å². The standard InChI is InChI=1S/C15H23ClN2O2S/c1-2-17-11-14(9-13(17)10-16)21(19,20)18-8-4-6-12-5-3-7-15(12)18/h9,11-12,15H,2-8,10H2,1H3. The van der Waals surface area contributed by atoms with Gasteiger partial charge in [-0.1, -0.05) is 6.42 Å². The maximum Gasteiger partial charge on any atom is 0.244 e. The second kappa shape index (κ2) is 5.94. The second-order valence-corrected chi connectivity index (χ2v) is 8.26. The van der Waals surface area contributed by atoms with Gasteiger partial charge in [0.05, 0.1) is 5.88 Å². The van der Waals surface area contributed by atoms with Crippen LogP contribution >= 0.6 is 11.6 Å². The highest BCUT2D eigenvalue weighted by atomic mass is 35.5. The quantitative estimate of drug-likeness (QED) is 0.796. The highest BCUT2D eigenvalue weighted by Gasteiger charge is 2.41. The number of aryl methyl sites for hydroxylation is 1. The molecular weight excluding hydrogens is 308 g/mol. The Hall–Kier alpha value is -0.520. The first-order valence-electron chi connectivity index (χ1n) is 7.84. The third-order valence-corrected chi connectivity index (χ3v) is 7.15. The number of alkyl halides is 1. The van der Waals surface area contributed by atoms with E-state index in [1.54, 1.807) is 16.6 Å². The SMILES string of the molecule is CCn1cc(S(=O)(=O)N2CCCC3CCCC32)cc1CCl. The monoisotopic (exact) mass is 330 g/mol. The molecule has 2 fully saturated rings. The predicted octanol–water partition coefficient (Wildman–Crippen LogP) is 3.20. The number of hydrogen-bond donors (Lipinski definition) is 0. The lowest BCUT2D eigenvalue weighted by molar-refractivity contribution is 0.202. The van der Waals surface area contributed by atoms with Gasteiger partial charge in [0.2, 0.25) is 10.0 Å². The largest absolute Gasteiger partial charge is 0.349 e. The van der Waals surface area contributed by atoms with Crippen molar-refractivity contribution in [3.05, 3.63) is 18.0 Å². The molecule has 1 saturated heterocycles. The van der Waals surface area contributed by atoms with Crippen LogP contribution in [0.5, 0.6) is 0 Å². The third-order valence-electron chi connectivity index (χ3n) is 4.99. The minimum absolute atomic E-state index is 0.216. The molecule has 0 N–H and O–H groups in total. The van der Waals surface area contributed by atoms with Crippen molar-refractivity contribution < 1.29 is 8.42 Å². The third kappa shape index (κ3) is 2.64. The molecule has 0 radical (unpaired) electrons. The molecule has 1 aromatic rings. The summed E-state index contributed by atoms with van der Waals surface area (Å²) >= 11 is 5.92.